The Kier molecular flexibility index (Phi) is 8.71. The van der Waals surface area contributed by atoms with Crippen molar-refractivity contribution in [2.75, 3.05) is 6.54 Å². The maximum absolute atomic E-state index is 13.3. The molecule has 0 radical (unpaired) electrons. The Morgan fingerprint density at radius 3 is 2.24 bits per heavy atom. The van der Waals surface area contributed by atoms with Crippen molar-refractivity contribution in [1.82, 2.24) is 10.2 Å². The lowest BCUT2D eigenvalue weighted by molar-refractivity contribution is -0.141. The van der Waals surface area contributed by atoms with Gasteiger partial charge in [-0.05, 0) is 42.0 Å². The lowest BCUT2D eigenvalue weighted by atomic mass is 10.0. The number of hydrogen-bond acceptors (Lipinski definition) is 2. The highest BCUT2D eigenvalue weighted by atomic mass is 35.5. The molecule has 1 atom stereocenters. The van der Waals surface area contributed by atoms with E-state index in [0.29, 0.717) is 30.5 Å². The Morgan fingerprint density at radius 2 is 1.66 bits per heavy atom. The fourth-order valence-electron chi connectivity index (χ4n) is 3.23. The van der Waals surface area contributed by atoms with Crippen LogP contribution in [0.1, 0.15) is 43.9 Å². The first-order chi connectivity index (χ1) is 13.8. The molecule has 29 heavy (non-hydrogen) atoms. The van der Waals surface area contributed by atoms with Gasteiger partial charge in [0.15, 0.2) is 0 Å². The van der Waals surface area contributed by atoms with E-state index < -0.39 is 6.04 Å². The number of carbonyl (C=O) groups excluding carboxylic acids is 2. The van der Waals surface area contributed by atoms with E-state index in [9.17, 15) is 9.59 Å². The third-order valence-corrected chi connectivity index (χ3v) is 5.34. The van der Waals surface area contributed by atoms with Crippen molar-refractivity contribution in [2.24, 2.45) is 5.92 Å². The zero-order chi connectivity index (χ0) is 21.4. The predicted octanol–water partition coefficient (Wildman–Crippen LogP) is 4.77. The summed E-state index contributed by atoms with van der Waals surface area (Å²) in [7, 11) is 0. The molecule has 1 N–H and O–H groups in total. The molecule has 0 aliphatic heterocycles. The summed E-state index contributed by atoms with van der Waals surface area (Å²) in [5.41, 5.74) is 2.87. The van der Waals surface area contributed by atoms with Gasteiger partial charge in [-0.3, -0.25) is 9.59 Å². The van der Waals surface area contributed by atoms with E-state index in [0.717, 1.165) is 16.7 Å². The Morgan fingerprint density at radius 1 is 1.03 bits per heavy atom. The lowest BCUT2D eigenvalue weighted by Crippen LogP contribution is -2.50. The smallest absolute Gasteiger partial charge is 0.242 e. The van der Waals surface area contributed by atoms with E-state index >= 15 is 0 Å². The molecule has 2 amide bonds. The topological polar surface area (TPSA) is 49.4 Å². The molecule has 0 aliphatic carbocycles. The van der Waals surface area contributed by atoms with E-state index in [1.165, 1.54) is 0 Å². The first kappa shape index (κ1) is 23.0. The number of carbonyl (C=O) groups is 2. The molecule has 0 heterocycles. The van der Waals surface area contributed by atoms with Gasteiger partial charge in [-0.25, -0.2) is 0 Å². The minimum Gasteiger partial charge on any atom is -0.354 e. The predicted molar refractivity (Wildman–Crippen MR) is 119 cm³/mol. The van der Waals surface area contributed by atoms with Gasteiger partial charge in [-0.15, -0.1) is 0 Å². The van der Waals surface area contributed by atoms with Crippen LogP contribution in [0.5, 0.6) is 0 Å². The Balaban J connectivity index is 2.30. The quantitative estimate of drug-likeness (QED) is 0.642. The molecule has 0 aromatic heterocycles. The van der Waals surface area contributed by atoms with Crippen LogP contribution in [-0.2, 0) is 22.6 Å². The Labute approximate surface area is 179 Å². The molecular weight excluding hydrogens is 384 g/mol. The Hall–Kier alpha value is -2.33. The summed E-state index contributed by atoms with van der Waals surface area (Å²) in [6.45, 7) is 8.91. The number of halogens is 1. The van der Waals surface area contributed by atoms with Crippen LogP contribution < -0.4 is 5.32 Å². The minimum absolute atomic E-state index is 0.0780. The average molecular weight is 415 g/mol. The highest BCUT2D eigenvalue weighted by Crippen LogP contribution is 2.21. The second-order valence-electron chi connectivity index (χ2n) is 7.78. The standard InChI is InChI=1S/C24H31ClN2O2/c1-5-22(24(29)26-15-17(2)3)27(16-20-12-8-9-13-21(20)25)23(28)14-19-11-7-6-10-18(19)4/h6-13,17,22H,5,14-16H2,1-4H3,(H,26,29)/t22-/m0/s1. The van der Waals surface area contributed by atoms with E-state index in [1.54, 1.807) is 11.0 Å². The van der Waals surface area contributed by atoms with Crippen LogP contribution in [0, 0.1) is 12.8 Å². The van der Waals surface area contributed by atoms with Crippen LogP contribution in [0.3, 0.4) is 0 Å². The van der Waals surface area contributed by atoms with Gasteiger partial charge in [0.05, 0.1) is 6.42 Å². The lowest BCUT2D eigenvalue weighted by Gasteiger charge is -2.31. The maximum atomic E-state index is 13.3. The number of rotatable bonds is 9. The molecule has 0 saturated heterocycles. The number of benzene rings is 2. The van der Waals surface area contributed by atoms with Crippen molar-refractivity contribution in [3.8, 4) is 0 Å². The first-order valence-electron chi connectivity index (χ1n) is 10.2. The van der Waals surface area contributed by atoms with Gasteiger partial charge >= 0.3 is 0 Å². The second-order valence-corrected chi connectivity index (χ2v) is 8.19. The molecule has 2 aromatic carbocycles. The van der Waals surface area contributed by atoms with Crippen molar-refractivity contribution in [3.05, 3.63) is 70.2 Å². The second kappa shape index (κ2) is 11.0. The van der Waals surface area contributed by atoms with Crippen molar-refractivity contribution < 1.29 is 9.59 Å². The van der Waals surface area contributed by atoms with Crippen LogP contribution in [0.4, 0.5) is 0 Å². The molecule has 5 heteroatoms. The molecule has 156 valence electrons. The molecular formula is C24H31ClN2O2. The van der Waals surface area contributed by atoms with Crippen molar-refractivity contribution in [3.63, 3.8) is 0 Å². The first-order valence-corrected chi connectivity index (χ1v) is 10.6. The summed E-state index contributed by atoms with van der Waals surface area (Å²) in [6.07, 6.45) is 0.791. The molecule has 0 unspecified atom stereocenters. The summed E-state index contributed by atoms with van der Waals surface area (Å²) in [5.74, 6) is 0.147. The molecule has 0 saturated carbocycles. The van der Waals surface area contributed by atoms with E-state index in [-0.39, 0.29) is 18.2 Å². The van der Waals surface area contributed by atoms with E-state index in [1.807, 2.05) is 70.2 Å². The highest BCUT2D eigenvalue weighted by molar-refractivity contribution is 6.31. The van der Waals surface area contributed by atoms with Gasteiger partial charge in [-0.2, -0.15) is 0 Å². The highest BCUT2D eigenvalue weighted by Gasteiger charge is 2.29. The van der Waals surface area contributed by atoms with Crippen LogP contribution in [0.2, 0.25) is 5.02 Å². The number of amides is 2. The van der Waals surface area contributed by atoms with Gasteiger partial charge in [0.1, 0.15) is 6.04 Å². The summed E-state index contributed by atoms with van der Waals surface area (Å²) >= 11 is 6.35. The van der Waals surface area contributed by atoms with Gasteiger partial charge < -0.3 is 10.2 Å². The number of nitrogens with zero attached hydrogens (tertiary/aromatic N) is 1. The van der Waals surface area contributed by atoms with E-state index in [4.69, 9.17) is 11.6 Å². The van der Waals surface area contributed by atoms with Crippen LogP contribution in [0.15, 0.2) is 48.5 Å². The largest absolute Gasteiger partial charge is 0.354 e. The summed E-state index contributed by atoms with van der Waals surface area (Å²) in [4.78, 5) is 27.9. The zero-order valence-electron chi connectivity index (χ0n) is 17.7. The van der Waals surface area contributed by atoms with Gasteiger partial charge in [0.2, 0.25) is 11.8 Å². The van der Waals surface area contributed by atoms with Gasteiger partial charge in [0.25, 0.3) is 0 Å². The average Bonchev–Trinajstić information content (AvgIpc) is 2.69. The van der Waals surface area contributed by atoms with Crippen molar-refractivity contribution >= 4 is 23.4 Å². The molecule has 4 nitrogen and oxygen atoms in total. The van der Waals surface area contributed by atoms with E-state index in [2.05, 4.69) is 5.32 Å². The third-order valence-electron chi connectivity index (χ3n) is 4.97. The maximum Gasteiger partial charge on any atom is 0.242 e. The van der Waals surface area contributed by atoms with Crippen molar-refractivity contribution in [1.29, 1.82) is 0 Å². The normalized spacial score (nSPS) is 11.9. The third kappa shape index (κ3) is 6.60. The van der Waals surface area contributed by atoms with Gasteiger partial charge in [-0.1, -0.05) is 74.8 Å². The minimum atomic E-state index is -0.540. The molecule has 0 spiro atoms. The number of hydrogen-bond donors (Lipinski definition) is 1. The molecule has 0 fully saturated rings. The monoisotopic (exact) mass is 414 g/mol. The molecule has 2 rings (SSSR count). The fourth-order valence-corrected chi connectivity index (χ4v) is 3.42. The van der Waals surface area contributed by atoms with Crippen LogP contribution in [0.25, 0.3) is 0 Å². The molecule has 0 bridgehead atoms. The summed E-state index contributed by atoms with van der Waals surface area (Å²) < 4.78 is 0. The summed E-state index contributed by atoms with van der Waals surface area (Å²) in [6, 6.07) is 14.8. The molecule has 0 aliphatic rings. The van der Waals surface area contributed by atoms with Crippen molar-refractivity contribution in [2.45, 2.75) is 53.1 Å². The van der Waals surface area contributed by atoms with Crippen LogP contribution in [-0.4, -0.2) is 29.3 Å². The fraction of sp³-hybridized carbons (Fsp3) is 0.417. The number of nitrogens with one attached hydrogen (secondary N) is 1. The zero-order valence-corrected chi connectivity index (χ0v) is 18.5. The summed E-state index contributed by atoms with van der Waals surface area (Å²) in [5, 5.41) is 3.57. The SMILES string of the molecule is CC[C@@H](C(=O)NCC(C)C)N(Cc1ccccc1Cl)C(=O)Cc1ccccc1C. The number of aryl methyl sites for hydroxylation is 1. The molecule has 2 aromatic rings. The van der Waals surface area contributed by atoms with Crippen LogP contribution >= 0.6 is 11.6 Å². The Bertz CT molecular complexity index is 835. The van der Waals surface area contributed by atoms with Gasteiger partial charge in [0, 0.05) is 18.1 Å².